The topological polar surface area (TPSA) is 85.0 Å². The van der Waals surface area contributed by atoms with Crippen LogP contribution in [0.3, 0.4) is 0 Å². The smallest absolute Gasteiger partial charge is 0.311 e. The number of nitro groups is 1. The van der Waals surface area contributed by atoms with E-state index in [0.717, 1.165) is 0 Å². The number of rotatable bonds is 3. The van der Waals surface area contributed by atoms with Gasteiger partial charge in [0.25, 0.3) is 0 Å². The number of aliphatic imine (C=N–C) groups is 1. The van der Waals surface area contributed by atoms with Gasteiger partial charge in [-0.2, -0.15) is 0 Å². The number of aromatic hydroxyl groups is 1. The summed E-state index contributed by atoms with van der Waals surface area (Å²) >= 11 is 0. The van der Waals surface area contributed by atoms with Gasteiger partial charge in [0.05, 0.1) is 11.5 Å². The molecular formula is C10H12N2O4. The summed E-state index contributed by atoms with van der Waals surface area (Å²) in [6.07, 6.45) is 0. The fourth-order valence-corrected chi connectivity index (χ4v) is 1.22. The van der Waals surface area contributed by atoms with Gasteiger partial charge < -0.3 is 9.84 Å². The van der Waals surface area contributed by atoms with Crippen molar-refractivity contribution in [3.63, 3.8) is 0 Å². The molecule has 0 aromatic heterocycles. The number of phenols is 1. The lowest BCUT2D eigenvalue weighted by Gasteiger charge is -2.06. The minimum atomic E-state index is -0.655. The Kier molecular flexibility index (Phi) is 3.82. The van der Waals surface area contributed by atoms with Crippen LogP contribution in [-0.2, 0) is 4.74 Å². The second kappa shape index (κ2) is 5.11. The number of hydrogen-bond acceptors (Lipinski definition) is 5. The maximum atomic E-state index is 10.6. The fourth-order valence-electron chi connectivity index (χ4n) is 1.22. The molecule has 0 aliphatic rings. The van der Waals surface area contributed by atoms with Gasteiger partial charge in [-0.3, -0.25) is 15.1 Å². The van der Waals surface area contributed by atoms with E-state index in [0.29, 0.717) is 18.1 Å². The van der Waals surface area contributed by atoms with Crippen LogP contribution < -0.4 is 0 Å². The van der Waals surface area contributed by atoms with Gasteiger partial charge in [0.15, 0.2) is 5.75 Å². The van der Waals surface area contributed by atoms with Gasteiger partial charge in [0.1, 0.15) is 0 Å². The molecule has 6 nitrogen and oxygen atoms in total. The standard InChI is InChI=1S/C10H12N2O4/c1-3-16-10(11-2)7-4-5-9(13)8(6-7)12(14)15/h4-6,13H,3H2,1-2H3/b11-10+. The van der Waals surface area contributed by atoms with Gasteiger partial charge in [-0.05, 0) is 19.1 Å². The SMILES string of the molecule is CCO/C(=N/C)c1ccc(O)c([N+](=O)[O-])c1. The summed E-state index contributed by atoms with van der Waals surface area (Å²) in [5.74, 6) is -0.0636. The van der Waals surface area contributed by atoms with E-state index in [2.05, 4.69) is 4.99 Å². The predicted octanol–water partition coefficient (Wildman–Crippen LogP) is 1.71. The fraction of sp³-hybridized carbons (Fsp3) is 0.300. The molecule has 1 N–H and O–H groups in total. The number of ether oxygens (including phenoxy) is 1. The zero-order valence-corrected chi connectivity index (χ0v) is 9.01. The van der Waals surface area contributed by atoms with E-state index in [1.807, 2.05) is 0 Å². The largest absolute Gasteiger partial charge is 0.502 e. The van der Waals surface area contributed by atoms with E-state index in [1.165, 1.54) is 25.2 Å². The van der Waals surface area contributed by atoms with E-state index < -0.39 is 4.92 Å². The van der Waals surface area contributed by atoms with Crippen molar-refractivity contribution in [1.82, 2.24) is 0 Å². The maximum Gasteiger partial charge on any atom is 0.311 e. The predicted molar refractivity (Wildman–Crippen MR) is 58.8 cm³/mol. The van der Waals surface area contributed by atoms with Gasteiger partial charge in [0, 0.05) is 18.7 Å². The van der Waals surface area contributed by atoms with Crippen LogP contribution in [0.2, 0.25) is 0 Å². The van der Waals surface area contributed by atoms with Crippen LogP contribution in [-0.4, -0.2) is 29.6 Å². The Morgan fingerprint density at radius 1 is 1.62 bits per heavy atom. The summed E-state index contributed by atoms with van der Waals surface area (Å²) < 4.78 is 5.20. The Hall–Kier alpha value is -2.11. The zero-order valence-electron chi connectivity index (χ0n) is 9.01. The number of nitrogens with zero attached hydrogens (tertiary/aromatic N) is 2. The van der Waals surface area contributed by atoms with Crippen molar-refractivity contribution < 1.29 is 14.8 Å². The molecule has 0 heterocycles. The lowest BCUT2D eigenvalue weighted by molar-refractivity contribution is -0.385. The third-order valence-electron chi connectivity index (χ3n) is 1.90. The lowest BCUT2D eigenvalue weighted by Crippen LogP contribution is -2.06. The zero-order chi connectivity index (χ0) is 12.1. The molecule has 0 saturated heterocycles. The maximum absolute atomic E-state index is 10.6. The first-order valence-corrected chi connectivity index (χ1v) is 4.67. The van der Waals surface area contributed by atoms with Gasteiger partial charge in [-0.1, -0.05) is 0 Å². The van der Waals surface area contributed by atoms with Gasteiger partial charge in [-0.15, -0.1) is 0 Å². The van der Waals surface area contributed by atoms with Gasteiger partial charge in [0.2, 0.25) is 5.90 Å². The third-order valence-corrected chi connectivity index (χ3v) is 1.90. The number of nitro benzene ring substituents is 1. The summed E-state index contributed by atoms with van der Waals surface area (Å²) in [5, 5.41) is 19.9. The molecule has 0 spiro atoms. The highest BCUT2D eigenvalue weighted by Gasteiger charge is 2.16. The molecule has 16 heavy (non-hydrogen) atoms. The normalized spacial score (nSPS) is 11.2. The lowest BCUT2D eigenvalue weighted by atomic mass is 10.2. The van der Waals surface area contributed by atoms with Crippen molar-refractivity contribution in [1.29, 1.82) is 0 Å². The Labute approximate surface area is 92.3 Å². The molecule has 0 aliphatic carbocycles. The molecular weight excluding hydrogens is 212 g/mol. The number of hydrogen-bond donors (Lipinski definition) is 1. The highest BCUT2D eigenvalue weighted by Crippen LogP contribution is 2.26. The van der Waals surface area contributed by atoms with Gasteiger partial charge >= 0.3 is 5.69 Å². The molecule has 0 saturated carbocycles. The van der Waals surface area contributed by atoms with Crippen LogP contribution in [0, 0.1) is 10.1 Å². The van der Waals surface area contributed by atoms with Crippen LogP contribution >= 0.6 is 0 Å². The minimum absolute atomic E-state index is 0.311. The third kappa shape index (κ3) is 2.47. The van der Waals surface area contributed by atoms with Crippen LogP contribution in [0.25, 0.3) is 0 Å². The van der Waals surface area contributed by atoms with Crippen LogP contribution in [0.1, 0.15) is 12.5 Å². The monoisotopic (exact) mass is 224 g/mol. The Morgan fingerprint density at radius 2 is 2.31 bits per heavy atom. The van der Waals surface area contributed by atoms with Crippen molar-refractivity contribution >= 4 is 11.6 Å². The van der Waals surface area contributed by atoms with Crippen molar-refractivity contribution in [3.05, 3.63) is 33.9 Å². The molecule has 0 bridgehead atoms. The quantitative estimate of drug-likeness (QED) is 0.366. The Bertz CT molecular complexity index is 429. The first kappa shape index (κ1) is 12.0. The summed E-state index contributed by atoms with van der Waals surface area (Å²) in [7, 11) is 1.53. The molecule has 0 radical (unpaired) electrons. The molecule has 1 aromatic rings. The molecule has 6 heteroatoms. The summed E-state index contributed by atoms with van der Waals surface area (Å²) in [6, 6.07) is 3.99. The summed E-state index contributed by atoms with van der Waals surface area (Å²) in [5.41, 5.74) is 0.104. The average molecular weight is 224 g/mol. The first-order valence-electron chi connectivity index (χ1n) is 4.67. The van der Waals surface area contributed by atoms with E-state index in [4.69, 9.17) is 4.74 Å². The molecule has 0 fully saturated rings. The highest BCUT2D eigenvalue weighted by molar-refractivity contribution is 5.95. The second-order valence-electron chi connectivity index (χ2n) is 2.92. The Morgan fingerprint density at radius 3 is 2.81 bits per heavy atom. The van der Waals surface area contributed by atoms with E-state index >= 15 is 0 Å². The van der Waals surface area contributed by atoms with Crippen molar-refractivity contribution in [2.24, 2.45) is 4.99 Å². The first-order chi connectivity index (χ1) is 7.60. The number of phenolic OH excluding ortho intramolecular Hbond substituents is 1. The molecule has 86 valence electrons. The van der Waals surface area contributed by atoms with Crippen LogP contribution in [0.4, 0.5) is 5.69 Å². The molecule has 0 atom stereocenters. The summed E-state index contributed by atoms with van der Waals surface area (Å²) in [4.78, 5) is 13.8. The second-order valence-corrected chi connectivity index (χ2v) is 2.92. The van der Waals surface area contributed by atoms with Crippen LogP contribution in [0.15, 0.2) is 23.2 Å². The van der Waals surface area contributed by atoms with E-state index in [-0.39, 0.29) is 11.4 Å². The van der Waals surface area contributed by atoms with E-state index in [1.54, 1.807) is 6.92 Å². The van der Waals surface area contributed by atoms with E-state index in [9.17, 15) is 15.2 Å². The molecule has 0 amide bonds. The minimum Gasteiger partial charge on any atom is -0.502 e. The van der Waals surface area contributed by atoms with Crippen molar-refractivity contribution in [2.75, 3.05) is 13.7 Å². The van der Waals surface area contributed by atoms with Crippen molar-refractivity contribution in [3.8, 4) is 5.75 Å². The molecule has 1 rings (SSSR count). The highest BCUT2D eigenvalue weighted by atomic mass is 16.6. The van der Waals surface area contributed by atoms with Crippen molar-refractivity contribution in [2.45, 2.75) is 6.92 Å². The molecule has 0 aliphatic heterocycles. The molecule has 1 aromatic carbocycles. The van der Waals surface area contributed by atoms with Gasteiger partial charge in [-0.25, -0.2) is 0 Å². The molecule has 0 unspecified atom stereocenters. The summed E-state index contributed by atoms with van der Waals surface area (Å²) in [6.45, 7) is 2.21. The average Bonchev–Trinajstić information content (AvgIpc) is 2.26. The Balaban J connectivity index is 3.16. The number of benzene rings is 1. The van der Waals surface area contributed by atoms with Crippen LogP contribution in [0.5, 0.6) is 5.75 Å².